The van der Waals surface area contributed by atoms with Crippen LogP contribution >= 0.6 is 0 Å². The molecule has 2 N–H and O–H groups in total. The number of anilines is 1. The van der Waals surface area contributed by atoms with Crippen LogP contribution in [-0.4, -0.2) is 59.4 Å². The molecule has 3 aromatic heterocycles. The van der Waals surface area contributed by atoms with Crippen LogP contribution in [0, 0.1) is 12.3 Å². The van der Waals surface area contributed by atoms with Gasteiger partial charge in [0.05, 0.1) is 11.4 Å². The van der Waals surface area contributed by atoms with Gasteiger partial charge in [-0.2, -0.15) is 0 Å². The molecule has 1 aliphatic rings. The second-order valence-corrected chi connectivity index (χ2v) is 7.37. The van der Waals surface area contributed by atoms with Gasteiger partial charge >= 0.3 is 0 Å². The van der Waals surface area contributed by atoms with E-state index in [0.717, 1.165) is 78.9 Å². The molecule has 0 spiro atoms. The Labute approximate surface area is 170 Å². The van der Waals surface area contributed by atoms with Crippen molar-refractivity contribution in [2.24, 2.45) is 0 Å². The van der Waals surface area contributed by atoms with Crippen LogP contribution < -0.4 is 5.32 Å². The topological polar surface area (TPSA) is 108 Å². The van der Waals surface area contributed by atoms with Crippen molar-refractivity contribution in [2.75, 3.05) is 18.4 Å². The summed E-state index contributed by atoms with van der Waals surface area (Å²) in [5, 5.41) is 11.7. The number of nitrogens with one attached hydrogen (secondary N) is 2. The van der Waals surface area contributed by atoms with Crippen LogP contribution in [-0.2, 0) is 6.54 Å². The van der Waals surface area contributed by atoms with Gasteiger partial charge in [-0.05, 0) is 26.7 Å². The molecule has 1 atom stereocenters. The molecule has 0 radical (unpaired) electrons. The molecule has 152 valence electrons. The van der Waals surface area contributed by atoms with Crippen LogP contribution in [0.3, 0.4) is 0 Å². The summed E-state index contributed by atoms with van der Waals surface area (Å²) >= 11 is 0. The maximum Gasteiger partial charge on any atom is 0.165 e. The van der Waals surface area contributed by atoms with Crippen molar-refractivity contribution in [3.05, 3.63) is 24.5 Å². The van der Waals surface area contributed by atoms with E-state index in [1.807, 2.05) is 6.92 Å². The molecule has 0 amide bonds. The molecule has 1 unspecified atom stereocenters. The summed E-state index contributed by atoms with van der Waals surface area (Å²) in [7, 11) is 0. The molecule has 9 heteroatoms. The Morgan fingerprint density at radius 1 is 1.17 bits per heavy atom. The average molecular weight is 393 g/mol. The van der Waals surface area contributed by atoms with E-state index in [2.05, 4.69) is 48.6 Å². The number of amidine groups is 1. The van der Waals surface area contributed by atoms with E-state index in [4.69, 9.17) is 10.4 Å². The van der Waals surface area contributed by atoms with Crippen molar-refractivity contribution >= 4 is 22.8 Å². The summed E-state index contributed by atoms with van der Waals surface area (Å²) in [5.74, 6) is 3.00. The van der Waals surface area contributed by atoms with Crippen LogP contribution in [0.15, 0.2) is 18.7 Å². The van der Waals surface area contributed by atoms with Crippen LogP contribution in [0.1, 0.15) is 38.9 Å². The van der Waals surface area contributed by atoms with Gasteiger partial charge in [-0.1, -0.05) is 6.92 Å². The number of hydrogen-bond donors (Lipinski definition) is 2. The Balaban J connectivity index is 1.67. The maximum absolute atomic E-state index is 8.16. The molecule has 4 rings (SSSR count). The average Bonchev–Trinajstić information content (AvgIpc) is 3.11. The van der Waals surface area contributed by atoms with E-state index < -0.39 is 0 Å². The van der Waals surface area contributed by atoms with Gasteiger partial charge in [0.15, 0.2) is 17.0 Å². The van der Waals surface area contributed by atoms with Gasteiger partial charge in [0.2, 0.25) is 0 Å². The number of likely N-dealkylation sites (tertiary alicyclic amines) is 1. The van der Waals surface area contributed by atoms with E-state index in [-0.39, 0.29) is 6.04 Å². The van der Waals surface area contributed by atoms with Crippen molar-refractivity contribution in [1.29, 1.82) is 5.41 Å². The molecule has 0 bridgehead atoms. The summed E-state index contributed by atoms with van der Waals surface area (Å²) in [4.78, 5) is 24.6. The Kier molecular flexibility index (Phi) is 5.37. The number of aryl methyl sites for hydroxylation is 2. The summed E-state index contributed by atoms with van der Waals surface area (Å²) in [6, 6.07) is 0.228. The quantitative estimate of drug-likeness (QED) is 0.663. The molecule has 9 nitrogen and oxygen atoms in total. The number of rotatable bonds is 6. The number of nitrogens with zero attached hydrogens (tertiary/aromatic N) is 7. The third-order valence-corrected chi connectivity index (χ3v) is 5.27. The summed E-state index contributed by atoms with van der Waals surface area (Å²) in [6.07, 6.45) is 7.91. The first-order valence-electron chi connectivity index (χ1n) is 10.2. The molecule has 0 aromatic carbocycles. The molecular weight excluding hydrogens is 366 g/mol. The minimum Gasteiger partial charge on any atom is -0.364 e. The van der Waals surface area contributed by atoms with Crippen LogP contribution in [0.4, 0.5) is 5.82 Å². The zero-order valence-electron chi connectivity index (χ0n) is 17.2. The number of piperidine rings is 1. The van der Waals surface area contributed by atoms with Gasteiger partial charge in [-0.3, -0.25) is 5.41 Å². The third-order valence-electron chi connectivity index (χ3n) is 5.27. The third kappa shape index (κ3) is 3.76. The lowest BCUT2D eigenvalue weighted by atomic mass is 10.0. The number of imidazole rings is 1. The van der Waals surface area contributed by atoms with E-state index in [0.29, 0.717) is 0 Å². The predicted molar refractivity (Wildman–Crippen MR) is 113 cm³/mol. The first-order chi connectivity index (χ1) is 14.1. The van der Waals surface area contributed by atoms with Crippen molar-refractivity contribution in [3.63, 3.8) is 0 Å². The zero-order chi connectivity index (χ0) is 20.4. The van der Waals surface area contributed by atoms with Crippen molar-refractivity contribution in [2.45, 2.75) is 52.6 Å². The molecule has 1 fully saturated rings. The monoisotopic (exact) mass is 393 g/mol. The Bertz CT molecular complexity index is 1010. The zero-order valence-corrected chi connectivity index (χ0v) is 17.2. The van der Waals surface area contributed by atoms with Gasteiger partial charge in [0.1, 0.15) is 18.0 Å². The molecule has 1 aliphatic heterocycles. The fourth-order valence-electron chi connectivity index (χ4n) is 3.81. The van der Waals surface area contributed by atoms with Crippen LogP contribution in [0.25, 0.3) is 22.6 Å². The van der Waals surface area contributed by atoms with E-state index >= 15 is 0 Å². The van der Waals surface area contributed by atoms with E-state index in [1.54, 1.807) is 18.7 Å². The second-order valence-electron chi connectivity index (χ2n) is 7.37. The molecule has 3 aromatic rings. The maximum atomic E-state index is 8.16. The van der Waals surface area contributed by atoms with Crippen molar-refractivity contribution in [3.8, 4) is 11.4 Å². The molecular formula is C20H27N9. The lowest BCUT2D eigenvalue weighted by Crippen LogP contribution is -2.45. The minimum atomic E-state index is 0.228. The number of aromatic nitrogens is 6. The summed E-state index contributed by atoms with van der Waals surface area (Å²) in [6.45, 7) is 8.55. The largest absolute Gasteiger partial charge is 0.364 e. The van der Waals surface area contributed by atoms with Gasteiger partial charge < -0.3 is 14.8 Å². The van der Waals surface area contributed by atoms with Crippen molar-refractivity contribution in [1.82, 2.24) is 34.4 Å². The SMILES string of the molecule is CCCN1CC(Nc2ncnc3c2nc(-c2cnc(C)nc2)n3CC)CCC1=N. The van der Waals surface area contributed by atoms with Crippen molar-refractivity contribution < 1.29 is 0 Å². The molecule has 0 saturated carbocycles. The molecule has 29 heavy (non-hydrogen) atoms. The van der Waals surface area contributed by atoms with Crippen LogP contribution in [0.5, 0.6) is 0 Å². The van der Waals surface area contributed by atoms with Gasteiger partial charge in [0.25, 0.3) is 0 Å². The Morgan fingerprint density at radius 3 is 2.69 bits per heavy atom. The molecule has 4 heterocycles. The minimum absolute atomic E-state index is 0.228. The van der Waals surface area contributed by atoms with Crippen LogP contribution in [0.2, 0.25) is 0 Å². The Hall–Kier alpha value is -3.10. The molecule has 0 aliphatic carbocycles. The van der Waals surface area contributed by atoms with Gasteiger partial charge in [-0.25, -0.2) is 24.9 Å². The smallest absolute Gasteiger partial charge is 0.165 e. The first kappa shape index (κ1) is 19.2. The highest BCUT2D eigenvalue weighted by Crippen LogP contribution is 2.27. The van der Waals surface area contributed by atoms with E-state index in [1.165, 1.54) is 0 Å². The fraction of sp³-hybridized carbons (Fsp3) is 0.500. The first-order valence-corrected chi connectivity index (χ1v) is 10.2. The normalized spacial score (nSPS) is 17.1. The van der Waals surface area contributed by atoms with Gasteiger partial charge in [-0.15, -0.1) is 0 Å². The summed E-state index contributed by atoms with van der Waals surface area (Å²) < 4.78 is 2.07. The van der Waals surface area contributed by atoms with E-state index in [9.17, 15) is 0 Å². The standard InChI is InChI=1S/C20H27N9/c1-4-8-28-11-15(6-7-16(28)21)26-18-17-20(25-12-24-18)29(5-2)19(27-17)14-9-22-13(3)23-10-14/h9-10,12,15,21H,4-8,11H2,1-3H3,(H,24,25,26). The second kappa shape index (κ2) is 8.10. The fourth-order valence-corrected chi connectivity index (χ4v) is 3.81. The lowest BCUT2D eigenvalue weighted by Gasteiger charge is -2.35. The predicted octanol–water partition coefficient (Wildman–Crippen LogP) is 2.88. The highest BCUT2D eigenvalue weighted by molar-refractivity contribution is 5.86. The highest BCUT2D eigenvalue weighted by Gasteiger charge is 2.24. The lowest BCUT2D eigenvalue weighted by molar-refractivity contribution is 0.347. The van der Waals surface area contributed by atoms with Gasteiger partial charge in [0, 0.05) is 44.5 Å². The number of fused-ring (bicyclic) bond motifs is 1. The number of hydrogen-bond acceptors (Lipinski definition) is 7. The summed E-state index contributed by atoms with van der Waals surface area (Å²) in [5.41, 5.74) is 2.42. The molecule has 1 saturated heterocycles. The Morgan fingerprint density at radius 2 is 1.97 bits per heavy atom. The highest BCUT2D eigenvalue weighted by atomic mass is 15.2.